The van der Waals surface area contributed by atoms with Gasteiger partial charge >= 0.3 is 0 Å². The van der Waals surface area contributed by atoms with Gasteiger partial charge in [-0.3, -0.25) is 9.59 Å². The summed E-state index contributed by atoms with van der Waals surface area (Å²) in [6.07, 6.45) is 0. The highest BCUT2D eigenvalue weighted by molar-refractivity contribution is 6.00. The largest absolute Gasteiger partial charge is 0.355 e. The maximum atomic E-state index is 11.8. The fourth-order valence-electron chi connectivity index (χ4n) is 1.52. The van der Waals surface area contributed by atoms with Crippen molar-refractivity contribution in [3.8, 4) is 0 Å². The minimum absolute atomic E-state index is 0.130. The summed E-state index contributed by atoms with van der Waals surface area (Å²) in [5.41, 5.74) is 1.98. The molecule has 1 rings (SSSR count). The lowest BCUT2D eigenvalue weighted by molar-refractivity contribution is -0.117. The minimum Gasteiger partial charge on any atom is -0.355 e. The van der Waals surface area contributed by atoms with E-state index in [1.54, 1.807) is 39.2 Å². The summed E-state index contributed by atoms with van der Waals surface area (Å²) in [7, 11) is 3.30. The quantitative estimate of drug-likeness (QED) is 0.742. The zero-order valence-electron chi connectivity index (χ0n) is 11.1. The molecule has 0 fully saturated rings. The van der Waals surface area contributed by atoms with E-state index in [0.29, 0.717) is 11.3 Å². The van der Waals surface area contributed by atoms with Crippen LogP contribution in [0, 0.1) is 6.92 Å². The molecule has 0 aliphatic heterocycles. The van der Waals surface area contributed by atoms with Gasteiger partial charge in [0.05, 0.1) is 6.04 Å². The van der Waals surface area contributed by atoms with E-state index >= 15 is 0 Å². The van der Waals surface area contributed by atoms with Crippen LogP contribution in [0.1, 0.15) is 22.8 Å². The summed E-state index contributed by atoms with van der Waals surface area (Å²) in [6.45, 7) is 3.58. The lowest BCUT2D eigenvalue weighted by Gasteiger charge is -2.14. The fourth-order valence-corrected chi connectivity index (χ4v) is 1.52. The minimum atomic E-state index is -0.284. The molecule has 3 N–H and O–H groups in total. The smallest absolute Gasteiger partial charge is 0.251 e. The Balaban J connectivity index is 2.98. The number of amides is 2. The molecule has 1 aromatic carbocycles. The number of benzene rings is 1. The molecule has 5 heteroatoms. The van der Waals surface area contributed by atoms with Gasteiger partial charge in [0, 0.05) is 18.3 Å². The Morgan fingerprint density at radius 2 is 1.89 bits per heavy atom. The molecule has 0 saturated heterocycles. The lowest BCUT2D eigenvalue weighted by Crippen LogP contribution is -2.35. The average Bonchev–Trinajstić information content (AvgIpc) is 2.39. The van der Waals surface area contributed by atoms with Crippen LogP contribution in [0.4, 0.5) is 5.69 Å². The second-order valence-corrected chi connectivity index (χ2v) is 4.06. The normalized spacial score (nSPS) is 11.8. The fraction of sp³-hybridized carbons (Fsp3) is 0.385. The number of likely N-dealkylation sites (N-methyl/N-ethyl adjacent to an activating group) is 1. The average molecular weight is 249 g/mol. The third-order valence-corrected chi connectivity index (χ3v) is 2.89. The van der Waals surface area contributed by atoms with Crippen LogP contribution in [0.25, 0.3) is 0 Å². The molecule has 5 nitrogen and oxygen atoms in total. The molecule has 0 bridgehead atoms. The molecule has 1 unspecified atom stereocenters. The monoisotopic (exact) mass is 249 g/mol. The Bertz CT molecular complexity index is 458. The zero-order chi connectivity index (χ0) is 13.7. The second kappa shape index (κ2) is 6.16. The van der Waals surface area contributed by atoms with Crippen LogP contribution in [-0.4, -0.2) is 32.0 Å². The maximum Gasteiger partial charge on any atom is 0.251 e. The van der Waals surface area contributed by atoms with Crippen LogP contribution in [0.3, 0.4) is 0 Å². The van der Waals surface area contributed by atoms with Gasteiger partial charge in [0.2, 0.25) is 5.91 Å². The van der Waals surface area contributed by atoms with Gasteiger partial charge in [-0.1, -0.05) is 6.07 Å². The van der Waals surface area contributed by atoms with Crippen molar-refractivity contribution >= 4 is 17.5 Å². The Kier molecular flexibility index (Phi) is 4.85. The lowest BCUT2D eigenvalue weighted by atomic mass is 10.1. The van der Waals surface area contributed by atoms with E-state index in [1.165, 1.54) is 0 Å². The molecule has 0 aromatic heterocycles. The first-order chi connectivity index (χ1) is 8.51. The van der Waals surface area contributed by atoms with Crippen molar-refractivity contribution in [1.82, 2.24) is 10.6 Å². The van der Waals surface area contributed by atoms with Crippen LogP contribution >= 0.6 is 0 Å². The standard InChI is InChI=1S/C13H19N3O2/c1-8-10(13(18)15-4)6-5-7-11(8)16-12(17)9(2)14-3/h5-7,9,14H,1-4H3,(H,15,18)(H,16,17). The predicted molar refractivity (Wildman–Crippen MR) is 71.7 cm³/mol. The van der Waals surface area contributed by atoms with Gasteiger partial charge in [0.25, 0.3) is 5.91 Å². The number of hydrogen-bond donors (Lipinski definition) is 3. The van der Waals surface area contributed by atoms with Gasteiger partial charge in [0.1, 0.15) is 0 Å². The number of hydrogen-bond acceptors (Lipinski definition) is 3. The number of carbonyl (C=O) groups excluding carboxylic acids is 2. The molecule has 0 radical (unpaired) electrons. The first-order valence-electron chi connectivity index (χ1n) is 5.81. The molecule has 18 heavy (non-hydrogen) atoms. The molecule has 2 amide bonds. The Labute approximate surface area is 107 Å². The van der Waals surface area contributed by atoms with Crippen LogP contribution in [0.2, 0.25) is 0 Å². The van der Waals surface area contributed by atoms with E-state index in [4.69, 9.17) is 0 Å². The van der Waals surface area contributed by atoms with Gasteiger partial charge in [0.15, 0.2) is 0 Å². The van der Waals surface area contributed by atoms with Crippen LogP contribution in [0.15, 0.2) is 18.2 Å². The van der Waals surface area contributed by atoms with Crippen molar-refractivity contribution in [2.45, 2.75) is 19.9 Å². The third-order valence-electron chi connectivity index (χ3n) is 2.89. The number of rotatable bonds is 4. The number of anilines is 1. The summed E-state index contributed by atoms with van der Waals surface area (Å²) < 4.78 is 0. The van der Waals surface area contributed by atoms with E-state index < -0.39 is 0 Å². The van der Waals surface area contributed by atoms with Gasteiger partial charge < -0.3 is 16.0 Å². The molecule has 98 valence electrons. The molecule has 0 spiro atoms. The summed E-state index contributed by atoms with van der Waals surface area (Å²) in [5, 5.41) is 8.23. The summed E-state index contributed by atoms with van der Waals surface area (Å²) in [5.74, 6) is -0.292. The van der Waals surface area contributed by atoms with Crippen molar-refractivity contribution in [1.29, 1.82) is 0 Å². The molecule has 0 aliphatic rings. The van der Waals surface area contributed by atoms with Crippen molar-refractivity contribution in [3.05, 3.63) is 29.3 Å². The van der Waals surface area contributed by atoms with Crippen molar-refractivity contribution in [2.24, 2.45) is 0 Å². The van der Waals surface area contributed by atoms with Crippen molar-refractivity contribution in [2.75, 3.05) is 19.4 Å². The van der Waals surface area contributed by atoms with Crippen LogP contribution < -0.4 is 16.0 Å². The Morgan fingerprint density at radius 3 is 2.44 bits per heavy atom. The van der Waals surface area contributed by atoms with E-state index in [2.05, 4.69) is 16.0 Å². The SMILES string of the molecule is CNC(=O)c1cccc(NC(=O)C(C)NC)c1C. The van der Waals surface area contributed by atoms with Gasteiger partial charge in [-0.2, -0.15) is 0 Å². The van der Waals surface area contributed by atoms with Crippen molar-refractivity contribution in [3.63, 3.8) is 0 Å². The highest BCUT2D eigenvalue weighted by Gasteiger charge is 2.14. The predicted octanol–water partition coefficient (Wildman–Crippen LogP) is 0.901. The zero-order valence-corrected chi connectivity index (χ0v) is 11.1. The third kappa shape index (κ3) is 3.07. The number of carbonyl (C=O) groups is 2. The van der Waals surface area contributed by atoms with Gasteiger partial charge in [-0.05, 0) is 38.6 Å². The Hall–Kier alpha value is -1.88. The first-order valence-corrected chi connectivity index (χ1v) is 5.81. The highest BCUT2D eigenvalue weighted by atomic mass is 16.2. The molecule has 0 aliphatic carbocycles. The molecular weight excluding hydrogens is 230 g/mol. The van der Waals surface area contributed by atoms with E-state index in [0.717, 1.165) is 5.56 Å². The topological polar surface area (TPSA) is 70.2 Å². The van der Waals surface area contributed by atoms with Crippen LogP contribution in [0.5, 0.6) is 0 Å². The van der Waals surface area contributed by atoms with Crippen molar-refractivity contribution < 1.29 is 9.59 Å². The van der Waals surface area contributed by atoms with E-state index in [9.17, 15) is 9.59 Å². The van der Waals surface area contributed by atoms with Crippen LogP contribution in [-0.2, 0) is 4.79 Å². The summed E-state index contributed by atoms with van der Waals surface area (Å²) in [4.78, 5) is 23.4. The molecule has 1 atom stereocenters. The molecular formula is C13H19N3O2. The van der Waals surface area contributed by atoms with E-state index in [-0.39, 0.29) is 17.9 Å². The number of nitrogens with one attached hydrogen (secondary N) is 3. The first kappa shape index (κ1) is 14.2. The molecule has 0 saturated carbocycles. The van der Waals surface area contributed by atoms with Gasteiger partial charge in [-0.15, -0.1) is 0 Å². The van der Waals surface area contributed by atoms with E-state index in [1.807, 2.05) is 6.92 Å². The summed E-state index contributed by atoms with van der Waals surface area (Å²) in [6, 6.07) is 4.97. The maximum absolute atomic E-state index is 11.8. The second-order valence-electron chi connectivity index (χ2n) is 4.06. The Morgan fingerprint density at radius 1 is 1.22 bits per heavy atom. The molecule has 1 aromatic rings. The van der Waals surface area contributed by atoms with Gasteiger partial charge in [-0.25, -0.2) is 0 Å². The molecule has 0 heterocycles. The summed E-state index contributed by atoms with van der Waals surface area (Å²) >= 11 is 0. The highest BCUT2D eigenvalue weighted by Crippen LogP contribution is 2.19.